The largest absolute Gasteiger partial charge is 0.322 e. The van der Waals surface area contributed by atoms with Crippen molar-refractivity contribution in [2.75, 3.05) is 5.32 Å². The molecule has 0 unspecified atom stereocenters. The molecule has 0 aliphatic heterocycles. The van der Waals surface area contributed by atoms with E-state index in [1.165, 1.54) is 0 Å². The van der Waals surface area contributed by atoms with Gasteiger partial charge in [0.2, 0.25) is 0 Å². The summed E-state index contributed by atoms with van der Waals surface area (Å²) in [6.45, 7) is 3.87. The Morgan fingerprint density at radius 3 is 2.53 bits per heavy atom. The first-order valence-electron chi connectivity index (χ1n) is 5.84. The van der Waals surface area contributed by atoms with Crippen LogP contribution in [0.3, 0.4) is 0 Å². The van der Waals surface area contributed by atoms with Gasteiger partial charge in [0.15, 0.2) is 0 Å². The molecule has 0 saturated heterocycles. The van der Waals surface area contributed by atoms with E-state index in [0.717, 1.165) is 26.2 Å². The van der Waals surface area contributed by atoms with E-state index in [2.05, 4.69) is 33.9 Å². The van der Waals surface area contributed by atoms with Crippen molar-refractivity contribution in [3.05, 3.63) is 57.6 Å². The first-order chi connectivity index (χ1) is 8.97. The minimum absolute atomic E-state index is 0.112. The topological polar surface area (TPSA) is 29.1 Å². The smallest absolute Gasteiger partial charge is 0.255 e. The average molecular weight is 336 g/mol. The number of anilines is 1. The Morgan fingerprint density at radius 2 is 1.84 bits per heavy atom. The van der Waals surface area contributed by atoms with Crippen molar-refractivity contribution in [1.29, 1.82) is 0 Å². The molecular formula is C15H14BrNOS. The predicted octanol–water partition coefficient (Wildman–Crippen LogP) is 4.61. The number of thiol groups is 1. The molecule has 0 aliphatic rings. The fraction of sp³-hybridized carbons (Fsp3) is 0.133. The third-order valence-corrected chi connectivity index (χ3v) is 3.67. The molecule has 98 valence electrons. The normalized spacial score (nSPS) is 10.3. The molecule has 1 N–H and O–H groups in total. The van der Waals surface area contributed by atoms with Crippen LogP contribution in [0.4, 0.5) is 5.69 Å². The lowest BCUT2D eigenvalue weighted by Crippen LogP contribution is -2.14. The lowest BCUT2D eigenvalue weighted by molar-refractivity contribution is 0.102. The first-order valence-corrected chi connectivity index (χ1v) is 7.08. The van der Waals surface area contributed by atoms with Crippen LogP contribution in [-0.4, -0.2) is 5.91 Å². The van der Waals surface area contributed by atoms with Crippen LogP contribution in [0.5, 0.6) is 0 Å². The zero-order valence-corrected chi connectivity index (χ0v) is 13.2. The predicted molar refractivity (Wildman–Crippen MR) is 85.3 cm³/mol. The summed E-state index contributed by atoms with van der Waals surface area (Å²) < 4.78 is 0.997. The molecule has 0 radical (unpaired) electrons. The number of carbonyl (C=O) groups is 1. The molecule has 2 nitrogen and oxygen atoms in total. The van der Waals surface area contributed by atoms with Crippen LogP contribution >= 0.6 is 28.6 Å². The maximum atomic E-state index is 12.3. The van der Waals surface area contributed by atoms with Gasteiger partial charge in [-0.1, -0.05) is 22.0 Å². The number of carbonyl (C=O) groups excluding carboxylic acids is 1. The summed E-state index contributed by atoms with van der Waals surface area (Å²) in [7, 11) is 0. The molecule has 2 aromatic carbocycles. The number of hydrogen-bond acceptors (Lipinski definition) is 2. The molecular weight excluding hydrogens is 322 g/mol. The number of aryl methyl sites for hydroxylation is 2. The monoisotopic (exact) mass is 335 g/mol. The van der Waals surface area contributed by atoms with Crippen molar-refractivity contribution in [3.63, 3.8) is 0 Å². The SMILES string of the molecule is Cc1cc(Br)ccc1NC(=O)c1cc(S)ccc1C. The highest BCUT2D eigenvalue weighted by Crippen LogP contribution is 2.22. The van der Waals surface area contributed by atoms with Gasteiger partial charge in [-0.15, -0.1) is 12.6 Å². The second-order valence-electron chi connectivity index (χ2n) is 4.41. The molecule has 0 spiro atoms. The van der Waals surface area contributed by atoms with E-state index in [1.807, 2.05) is 44.2 Å². The molecule has 0 fully saturated rings. The number of rotatable bonds is 2. The number of benzene rings is 2. The Hall–Kier alpha value is -1.26. The highest BCUT2D eigenvalue weighted by atomic mass is 79.9. The van der Waals surface area contributed by atoms with Crippen LogP contribution in [-0.2, 0) is 0 Å². The Kier molecular flexibility index (Phi) is 4.32. The Labute approximate surface area is 126 Å². The maximum absolute atomic E-state index is 12.3. The van der Waals surface area contributed by atoms with Crippen LogP contribution in [0, 0.1) is 13.8 Å². The van der Waals surface area contributed by atoms with Gasteiger partial charge in [0.05, 0.1) is 0 Å². The number of halogens is 1. The molecule has 2 aromatic rings. The Balaban J connectivity index is 2.28. The summed E-state index contributed by atoms with van der Waals surface area (Å²) in [5, 5.41) is 2.93. The van der Waals surface area contributed by atoms with E-state index < -0.39 is 0 Å². The standard InChI is InChI=1S/C15H14BrNOS/c1-9-3-5-12(19)8-13(9)15(18)17-14-6-4-11(16)7-10(14)2/h3-8,19H,1-2H3,(H,17,18). The van der Waals surface area contributed by atoms with Crippen molar-refractivity contribution in [1.82, 2.24) is 0 Å². The van der Waals surface area contributed by atoms with E-state index in [9.17, 15) is 4.79 Å². The molecule has 0 atom stereocenters. The zero-order chi connectivity index (χ0) is 14.0. The van der Waals surface area contributed by atoms with Gasteiger partial charge >= 0.3 is 0 Å². The van der Waals surface area contributed by atoms with Crippen LogP contribution in [0.2, 0.25) is 0 Å². The maximum Gasteiger partial charge on any atom is 0.255 e. The highest BCUT2D eigenvalue weighted by molar-refractivity contribution is 9.10. The zero-order valence-electron chi connectivity index (χ0n) is 10.7. The van der Waals surface area contributed by atoms with Crippen molar-refractivity contribution < 1.29 is 4.79 Å². The van der Waals surface area contributed by atoms with Crippen LogP contribution in [0.1, 0.15) is 21.5 Å². The summed E-state index contributed by atoms with van der Waals surface area (Å²) in [4.78, 5) is 13.0. The third kappa shape index (κ3) is 3.39. The number of nitrogens with one attached hydrogen (secondary N) is 1. The molecule has 0 heterocycles. The Morgan fingerprint density at radius 1 is 1.11 bits per heavy atom. The van der Waals surface area contributed by atoms with Gasteiger partial charge in [-0.25, -0.2) is 0 Å². The molecule has 0 aliphatic carbocycles. The number of hydrogen-bond donors (Lipinski definition) is 2. The quantitative estimate of drug-likeness (QED) is 0.771. The molecule has 4 heteroatoms. The van der Waals surface area contributed by atoms with Gasteiger partial charge in [-0.2, -0.15) is 0 Å². The highest BCUT2D eigenvalue weighted by Gasteiger charge is 2.10. The van der Waals surface area contributed by atoms with E-state index in [4.69, 9.17) is 0 Å². The summed E-state index contributed by atoms with van der Waals surface area (Å²) in [5.74, 6) is -0.112. The van der Waals surface area contributed by atoms with Gasteiger partial charge < -0.3 is 5.32 Å². The first kappa shape index (κ1) is 14.2. The van der Waals surface area contributed by atoms with E-state index in [0.29, 0.717) is 5.56 Å². The lowest BCUT2D eigenvalue weighted by atomic mass is 10.1. The van der Waals surface area contributed by atoms with E-state index in [1.54, 1.807) is 6.07 Å². The van der Waals surface area contributed by atoms with Crippen LogP contribution in [0.25, 0.3) is 0 Å². The molecule has 1 amide bonds. The van der Waals surface area contributed by atoms with Crippen molar-refractivity contribution >= 4 is 40.2 Å². The average Bonchev–Trinajstić information content (AvgIpc) is 2.35. The summed E-state index contributed by atoms with van der Waals surface area (Å²) in [5.41, 5.74) is 3.42. The van der Waals surface area contributed by atoms with Gasteiger partial charge in [0, 0.05) is 20.6 Å². The fourth-order valence-corrected chi connectivity index (χ4v) is 2.49. The lowest BCUT2D eigenvalue weighted by Gasteiger charge is -2.10. The van der Waals surface area contributed by atoms with Crippen molar-refractivity contribution in [2.24, 2.45) is 0 Å². The van der Waals surface area contributed by atoms with Gasteiger partial charge in [-0.05, 0) is 55.3 Å². The number of amides is 1. The molecule has 2 rings (SSSR count). The van der Waals surface area contributed by atoms with Gasteiger partial charge in [0.25, 0.3) is 5.91 Å². The van der Waals surface area contributed by atoms with E-state index in [-0.39, 0.29) is 5.91 Å². The fourth-order valence-electron chi connectivity index (χ4n) is 1.81. The van der Waals surface area contributed by atoms with Gasteiger partial charge in [-0.3, -0.25) is 4.79 Å². The molecule has 0 aromatic heterocycles. The van der Waals surface area contributed by atoms with Crippen LogP contribution in [0.15, 0.2) is 45.8 Å². The second kappa shape index (κ2) is 5.80. The van der Waals surface area contributed by atoms with E-state index >= 15 is 0 Å². The van der Waals surface area contributed by atoms with Crippen molar-refractivity contribution in [2.45, 2.75) is 18.7 Å². The summed E-state index contributed by atoms with van der Waals surface area (Å²) in [6, 6.07) is 11.3. The molecule has 0 saturated carbocycles. The summed E-state index contributed by atoms with van der Waals surface area (Å²) in [6.07, 6.45) is 0. The third-order valence-electron chi connectivity index (χ3n) is 2.90. The van der Waals surface area contributed by atoms with Crippen molar-refractivity contribution in [3.8, 4) is 0 Å². The minimum Gasteiger partial charge on any atom is -0.322 e. The second-order valence-corrected chi connectivity index (χ2v) is 5.84. The van der Waals surface area contributed by atoms with Gasteiger partial charge in [0.1, 0.15) is 0 Å². The minimum atomic E-state index is -0.112. The molecule has 0 bridgehead atoms. The van der Waals surface area contributed by atoms with Crippen LogP contribution < -0.4 is 5.32 Å². The summed E-state index contributed by atoms with van der Waals surface area (Å²) >= 11 is 7.68. The molecule has 19 heavy (non-hydrogen) atoms. The Bertz CT molecular complexity index is 640.